The molecule has 2 aliphatic rings. The van der Waals surface area contributed by atoms with Gasteiger partial charge in [0.15, 0.2) is 0 Å². The number of carbonyl (C=O) groups excluding carboxylic acids is 1. The van der Waals surface area contributed by atoms with Gasteiger partial charge in [0.2, 0.25) is 0 Å². The summed E-state index contributed by atoms with van der Waals surface area (Å²) in [4.78, 5) is 17.7. The molecule has 0 bridgehead atoms. The van der Waals surface area contributed by atoms with Crippen LogP contribution in [-0.4, -0.2) is 54.6 Å². The molecule has 2 fully saturated rings. The molecule has 0 radical (unpaired) electrons. The molecule has 11 heteroatoms. The topological polar surface area (TPSA) is 72.9 Å². The Morgan fingerprint density at radius 1 is 1.18 bits per heavy atom. The second-order valence-corrected chi connectivity index (χ2v) is 11.0. The van der Waals surface area contributed by atoms with Gasteiger partial charge in [-0.15, -0.1) is 0 Å². The Balaban J connectivity index is 1.68. The first-order valence-electron chi connectivity index (χ1n) is 11.6. The Labute approximate surface area is 199 Å². The second kappa shape index (κ2) is 9.22. The molecular weight excluding hydrogens is 450 g/mol. The van der Waals surface area contributed by atoms with Crippen LogP contribution in [0.25, 0.3) is 0 Å². The van der Waals surface area contributed by atoms with Crippen molar-refractivity contribution in [2.75, 3.05) is 24.5 Å². The van der Waals surface area contributed by atoms with E-state index in [1.54, 1.807) is 25.7 Å². The largest absolute Gasteiger partial charge is 0.496 e. The number of ether oxygens (including phenoxy) is 1. The molecule has 190 valence electrons. The summed E-state index contributed by atoms with van der Waals surface area (Å²) >= 11 is 0. The number of halogens is 3. The van der Waals surface area contributed by atoms with Crippen molar-refractivity contribution in [3.63, 3.8) is 0 Å². The number of nitrogens with zero attached hydrogens (tertiary/aromatic N) is 2. The maximum atomic E-state index is 14.0. The summed E-state index contributed by atoms with van der Waals surface area (Å²) in [5, 5.41) is 2.75. The highest BCUT2D eigenvalue weighted by molar-refractivity contribution is 6.62. The van der Waals surface area contributed by atoms with Crippen LogP contribution >= 0.6 is 0 Å². The van der Waals surface area contributed by atoms with Crippen LogP contribution in [0.1, 0.15) is 66.9 Å². The number of anilines is 1. The number of aromatic nitrogens is 1. The van der Waals surface area contributed by atoms with E-state index in [1.807, 2.05) is 27.7 Å². The number of piperidine rings is 1. The predicted octanol–water partition coefficient (Wildman–Crippen LogP) is 4.14. The zero-order valence-electron chi connectivity index (χ0n) is 21.0. The summed E-state index contributed by atoms with van der Waals surface area (Å²) in [5.74, 6) is 0.0634. The van der Waals surface area contributed by atoms with E-state index in [2.05, 4.69) is 10.3 Å². The van der Waals surface area contributed by atoms with Crippen LogP contribution in [0.5, 0.6) is 0 Å². The SMILES string of the molecule is CC(C)(C)OC(=O)NCC1CCN(c2ncc(B3OC(C)(C)C(C)(C)O3)cc2C(F)(F)F)CC1. The highest BCUT2D eigenvalue weighted by Gasteiger charge is 2.52. The fourth-order valence-corrected chi connectivity index (χ4v) is 3.93. The van der Waals surface area contributed by atoms with E-state index in [1.165, 1.54) is 6.20 Å². The first-order chi connectivity index (χ1) is 15.5. The lowest BCUT2D eigenvalue weighted by atomic mass is 9.79. The van der Waals surface area contributed by atoms with Gasteiger partial charge in [-0.25, -0.2) is 9.78 Å². The minimum absolute atomic E-state index is 0.0914. The molecular formula is C23H35BF3N3O4. The van der Waals surface area contributed by atoms with Crippen molar-refractivity contribution < 1.29 is 32.0 Å². The van der Waals surface area contributed by atoms with Gasteiger partial charge in [0.05, 0.1) is 16.8 Å². The number of pyridine rings is 1. The van der Waals surface area contributed by atoms with Crippen molar-refractivity contribution in [1.82, 2.24) is 10.3 Å². The summed E-state index contributed by atoms with van der Waals surface area (Å²) in [6.07, 6.45) is -2.39. The molecule has 34 heavy (non-hydrogen) atoms. The normalized spacial score (nSPS) is 21.0. The van der Waals surface area contributed by atoms with E-state index in [-0.39, 0.29) is 17.2 Å². The number of carbonyl (C=O) groups is 1. The van der Waals surface area contributed by atoms with Crippen LogP contribution in [0.3, 0.4) is 0 Å². The lowest BCUT2D eigenvalue weighted by Gasteiger charge is -2.34. The third-order valence-electron chi connectivity index (χ3n) is 6.57. The molecule has 0 aliphatic carbocycles. The van der Waals surface area contributed by atoms with Crippen LogP contribution in [-0.2, 0) is 20.2 Å². The molecule has 7 nitrogen and oxygen atoms in total. The van der Waals surface area contributed by atoms with E-state index in [0.717, 1.165) is 6.07 Å². The van der Waals surface area contributed by atoms with E-state index in [9.17, 15) is 18.0 Å². The zero-order valence-corrected chi connectivity index (χ0v) is 21.0. The molecule has 0 aromatic carbocycles. The lowest BCUT2D eigenvalue weighted by Crippen LogP contribution is -2.41. The molecule has 0 unspecified atom stereocenters. The minimum atomic E-state index is -4.57. The molecule has 1 N–H and O–H groups in total. The third kappa shape index (κ3) is 6.16. The Hall–Kier alpha value is -2.01. The van der Waals surface area contributed by atoms with E-state index in [4.69, 9.17) is 14.0 Å². The smallest absolute Gasteiger partial charge is 0.444 e. The molecule has 1 aromatic heterocycles. The Morgan fingerprint density at radius 2 is 1.74 bits per heavy atom. The molecule has 0 spiro atoms. The van der Waals surface area contributed by atoms with Gasteiger partial charge in [-0.05, 0) is 73.3 Å². The Kier molecular flexibility index (Phi) is 7.21. The van der Waals surface area contributed by atoms with Crippen molar-refractivity contribution >= 4 is 24.5 Å². The lowest BCUT2D eigenvalue weighted by molar-refractivity contribution is -0.137. The van der Waals surface area contributed by atoms with E-state index in [0.29, 0.717) is 32.5 Å². The number of hydrogen-bond acceptors (Lipinski definition) is 6. The highest BCUT2D eigenvalue weighted by atomic mass is 19.4. The van der Waals surface area contributed by atoms with E-state index >= 15 is 0 Å². The quantitative estimate of drug-likeness (QED) is 0.647. The van der Waals surface area contributed by atoms with Gasteiger partial charge in [0.1, 0.15) is 11.4 Å². The minimum Gasteiger partial charge on any atom is -0.444 e. The number of amides is 1. The second-order valence-electron chi connectivity index (χ2n) is 11.0. The van der Waals surface area contributed by atoms with E-state index < -0.39 is 41.8 Å². The van der Waals surface area contributed by atoms with Gasteiger partial charge in [0.25, 0.3) is 0 Å². The van der Waals surface area contributed by atoms with Gasteiger partial charge in [-0.3, -0.25) is 0 Å². The van der Waals surface area contributed by atoms with Crippen LogP contribution < -0.4 is 15.7 Å². The van der Waals surface area contributed by atoms with Crippen molar-refractivity contribution in [2.45, 2.75) is 84.3 Å². The molecule has 2 saturated heterocycles. The maximum absolute atomic E-state index is 14.0. The number of rotatable bonds is 4. The molecule has 0 saturated carbocycles. The van der Waals surface area contributed by atoms with Crippen LogP contribution in [0.15, 0.2) is 12.3 Å². The van der Waals surface area contributed by atoms with Gasteiger partial charge >= 0.3 is 19.4 Å². The van der Waals surface area contributed by atoms with Gasteiger partial charge < -0.3 is 24.3 Å². The van der Waals surface area contributed by atoms with Crippen molar-refractivity contribution in [2.24, 2.45) is 5.92 Å². The fourth-order valence-electron chi connectivity index (χ4n) is 3.93. The molecule has 1 aromatic rings. The number of nitrogens with one attached hydrogen (secondary N) is 1. The zero-order chi connectivity index (χ0) is 25.5. The maximum Gasteiger partial charge on any atom is 0.496 e. The fraction of sp³-hybridized carbons (Fsp3) is 0.739. The first-order valence-corrected chi connectivity index (χ1v) is 11.6. The summed E-state index contributed by atoms with van der Waals surface area (Å²) in [5.41, 5.74) is -2.47. The highest BCUT2D eigenvalue weighted by Crippen LogP contribution is 2.39. The first kappa shape index (κ1) is 26.6. The van der Waals surface area contributed by atoms with Gasteiger partial charge in [0, 0.05) is 31.3 Å². The van der Waals surface area contributed by atoms with Crippen LogP contribution in [0.4, 0.5) is 23.8 Å². The van der Waals surface area contributed by atoms with Crippen molar-refractivity contribution in [3.05, 3.63) is 17.8 Å². The molecule has 2 aliphatic heterocycles. The number of hydrogen-bond donors (Lipinski definition) is 1. The van der Waals surface area contributed by atoms with Gasteiger partial charge in [-0.1, -0.05) is 0 Å². The van der Waals surface area contributed by atoms with Crippen LogP contribution in [0, 0.1) is 5.92 Å². The standard InChI is InChI=1S/C23H35BF3N3O4/c1-20(2,3)32-19(31)29-13-15-8-10-30(11-9-15)18-17(23(25,26)27)12-16(14-28-18)24-33-21(4,5)22(6,7)34-24/h12,14-15H,8-11,13H2,1-7H3,(H,29,31). The Bertz CT molecular complexity index is 878. The Morgan fingerprint density at radius 3 is 2.24 bits per heavy atom. The number of alkyl halides is 3. The van der Waals surface area contributed by atoms with Gasteiger partial charge in [-0.2, -0.15) is 13.2 Å². The number of alkyl carbamates (subject to hydrolysis) is 1. The average molecular weight is 485 g/mol. The predicted molar refractivity (Wildman–Crippen MR) is 124 cm³/mol. The average Bonchev–Trinajstić information content (AvgIpc) is 2.91. The summed E-state index contributed by atoms with van der Waals surface area (Å²) in [6.45, 7) is 14.0. The summed E-state index contributed by atoms with van der Waals surface area (Å²) < 4.78 is 59.0. The molecule has 3 heterocycles. The summed E-state index contributed by atoms with van der Waals surface area (Å²) in [7, 11) is -0.919. The monoisotopic (exact) mass is 485 g/mol. The van der Waals surface area contributed by atoms with Crippen molar-refractivity contribution in [1.29, 1.82) is 0 Å². The van der Waals surface area contributed by atoms with Crippen molar-refractivity contribution in [3.8, 4) is 0 Å². The van der Waals surface area contributed by atoms with Crippen LogP contribution in [0.2, 0.25) is 0 Å². The molecule has 0 atom stereocenters. The third-order valence-corrected chi connectivity index (χ3v) is 6.57. The molecule has 3 rings (SSSR count). The summed E-state index contributed by atoms with van der Waals surface area (Å²) in [6, 6.07) is 1.08. The molecule has 1 amide bonds.